The van der Waals surface area contributed by atoms with Crippen molar-refractivity contribution in [3.8, 4) is 0 Å². The van der Waals surface area contributed by atoms with Crippen LogP contribution in [0, 0.1) is 0 Å². The van der Waals surface area contributed by atoms with Crippen LogP contribution in [0.15, 0.2) is 85.1 Å². The standard InChI is InChI=1S/C45H75O10P/c1-3-5-7-9-11-13-15-17-19-20-21-22-23-25-27-29-31-33-35-37-45(49)55-43(41-54-56(50,51)53-39-42(47)38-46)40-52-44(48)36-34-32-30-28-26-24-18-16-14-12-10-8-6-4-2/h5,7,11,13,16-19,21-22,25,27,31,33,42-43,46-47H,3-4,6,8-10,12,14-15,20,23-24,26,28-30,32,34-41H2,1-2H3,(H,50,51)/b7-5+,13-11+,18-16+,19-17+,22-21+,27-25+,33-31+/t42-,43+/m0/s1. The molecule has 1 unspecified atom stereocenters. The molecule has 0 saturated carbocycles. The lowest BCUT2D eigenvalue weighted by atomic mass is 10.1. The molecule has 0 aliphatic rings. The van der Waals surface area contributed by atoms with E-state index in [9.17, 15) is 24.2 Å². The molecule has 320 valence electrons. The topological polar surface area (TPSA) is 149 Å². The summed E-state index contributed by atoms with van der Waals surface area (Å²) in [5, 5.41) is 18.3. The second-order valence-corrected chi connectivity index (χ2v) is 15.1. The highest BCUT2D eigenvalue weighted by atomic mass is 31.2. The third kappa shape index (κ3) is 39.4. The van der Waals surface area contributed by atoms with Crippen LogP contribution >= 0.6 is 7.82 Å². The summed E-state index contributed by atoms with van der Waals surface area (Å²) >= 11 is 0. The summed E-state index contributed by atoms with van der Waals surface area (Å²) in [7, 11) is -4.64. The van der Waals surface area contributed by atoms with Gasteiger partial charge in [-0.2, -0.15) is 0 Å². The number of carbonyl (C=O) groups excluding carboxylic acids is 2. The first kappa shape index (κ1) is 53.1. The predicted molar refractivity (Wildman–Crippen MR) is 228 cm³/mol. The molecule has 0 rings (SSSR count). The summed E-state index contributed by atoms with van der Waals surface area (Å²) in [6, 6.07) is 0. The molecule has 0 aliphatic carbocycles. The first-order valence-electron chi connectivity index (χ1n) is 21.0. The van der Waals surface area contributed by atoms with Gasteiger partial charge in [-0.15, -0.1) is 0 Å². The number of phosphoric ester groups is 1. The van der Waals surface area contributed by atoms with Crippen LogP contribution in [0.1, 0.15) is 149 Å². The van der Waals surface area contributed by atoms with Gasteiger partial charge in [-0.25, -0.2) is 4.57 Å². The monoisotopic (exact) mass is 807 g/mol. The quantitative estimate of drug-likeness (QED) is 0.0238. The zero-order chi connectivity index (χ0) is 41.2. The van der Waals surface area contributed by atoms with Gasteiger partial charge in [-0.1, -0.05) is 144 Å². The van der Waals surface area contributed by atoms with Crippen molar-refractivity contribution in [3.05, 3.63) is 85.1 Å². The summed E-state index contributed by atoms with van der Waals surface area (Å²) in [4.78, 5) is 34.9. The van der Waals surface area contributed by atoms with Crippen molar-refractivity contribution in [2.45, 2.75) is 161 Å². The van der Waals surface area contributed by atoms with Gasteiger partial charge in [-0.05, 0) is 77.0 Å². The molecule has 0 heterocycles. The molecule has 3 atom stereocenters. The largest absolute Gasteiger partial charge is 0.472 e. The van der Waals surface area contributed by atoms with Crippen LogP contribution in [-0.2, 0) is 32.7 Å². The first-order valence-corrected chi connectivity index (χ1v) is 22.5. The Labute approximate surface area is 339 Å². The highest BCUT2D eigenvalue weighted by molar-refractivity contribution is 7.47. The van der Waals surface area contributed by atoms with Gasteiger partial charge < -0.3 is 24.6 Å². The number of aliphatic hydroxyl groups excluding tert-OH is 2. The van der Waals surface area contributed by atoms with E-state index in [1.54, 1.807) is 0 Å². The van der Waals surface area contributed by atoms with E-state index in [-0.39, 0.29) is 19.4 Å². The van der Waals surface area contributed by atoms with Crippen molar-refractivity contribution in [1.29, 1.82) is 0 Å². The zero-order valence-electron chi connectivity index (χ0n) is 34.6. The van der Waals surface area contributed by atoms with E-state index in [2.05, 4.69) is 91.3 Å². The maximum absolute atomic E-state index is 12.6. The Morgan fingerprint density at radius 1 is 0.554 bits per heavy atom. The molecule has 0 spiro atoms. The Hall–Kier alpha value is -2.85. The normalized spacial score (nSPS) is 14.7. The summed E-state index contributed by atoms with van der Waals surface area (Å²) in [6.07, 6.45) is 47.1. The Kier molecular flexibility index (Phi) is 38.3. The molecule has 0 bridgehead atoms. The third-order valence-electron chi connectivity index (χ3n) is 8.30. The Morgan fingerprint density at radius 3 is 1.55 bits per heavy atom. The number of hydrogen-bond acceptors (Lipinski definition) is 9. The number of allylic oxidation sites excluding steroid dienone is 14. The fraction of sp³-hybridized carbons (Fsp3) is 0.644. The van der Waals surface area contributed by atoms with Gasteiger partial charge in [-0.3, -0.25) is 18.6 Å². The van der Waals surface area contributed by atoms with Crippen molar-refractivity contribution < 1.29 is 47.8 Å². The van der Waals surface area contributed by atoms with Crippen LogP contribution in [0.2, 0.25) is 0 Å². The van der Waals surface area contributed by atoms with Crippen LogP contribution in [0.25, 0.3) is 0 Å². The molecule has 56 heavy (non-hydrogen) atoms. The lowest BCUT2D eigenvalue weighted by Gasteiger charge is -2.20. The van der Waals surface area contributed by atoms with Crippen molar-refractivity contribution in [1.82, 2.24) is 0 Å². The molecular weight excluding hydrogens is 731 g/mol. The van der Waals surface area contributed by atoms with E-state index in [0.717, 1.165) is 77.0 Å². The van der Waals surface area contributed by atoms with Gasteiger partial charge in [0.2, 0.25) is 0 Å². The molecule has 3 N–H and O–H groups in total. The number of hydrogen-bond donors (Lipinski definition) is 3. The van der Waals surface area contributed by atoms with Crippen LogP contribution in [0.3, 0.4) is 0 Å². The molecule has 0 saturated heterocycles. The Morgan fingerprint density at radius 2 is 1.02 bits per heavy atom. The smallest absolute Gasteiger partial charge is 0.462 e. The van der Waals surface area contributed by atoms with E-state index < -0.39 is 51.8 Å². The first-order chi connectivity index (χ1) is 27.2. The molecular formula is C45H75O10P. The average molecular weight is 807 g/mol. The maximum Gasteiger partial charge on any atom is 0.472 e. The van der Waals surface area contributed by atoms with Crippen LogP contribution < -0.4 is 0 Å². The highest BCUT2D eigenvalue weighted by Crippen LogP contribution is 2.43. The fourth-order valence-corrected chi connectivity index (χ4v) is 5.86. The molecule has 11 heteroatoms. The molecule has 0 amide bonds. The Balaban J connectivity index is 4.48. The second kappa shape index (κ2) is 40.4. The summed E-state index contributed by atoms with van der Waals surface area (Å²) in [5.74, 6) is -1.04. The van der Waals surface area contributed by atoms with E-state index >= 15 is 0 Å². The minimum atomic E-state index is -4.64. The maximum atomic E-state index is 12.6. The molecule has 0 radical (unpaired) electrons. The molecule has 0 aromatic carbocycles. The number of rotatable bonds is 38. The predicted octanol–water partition coefficient (Wildman–Crippen LogP) is 11.1. The number of aliphatic hydroxyl groups is 2. The average Bonchev–Trinajstić information content (AvgIpc) is 3.19. The Bertz CT molecular complexity index is 1200. The molecule has 0 aliphatic heterocycles. The molecule has 0 aromatic rings. The van der Waals surface area contributed by atoms with E-state index in [0.29, 0.717) is 12.8 Å². The lowest BCUT2D eigenvalue weighted by Crippen LogP contribution is -2.29. The van der Waals surface area contributed by atoms with Gasteiger partial charge in [0.05, 0.1) is 19.8 Å². The van der Waals surface area contributed by atoms with Crippen molar-refractivity contribution >= 4 is 19.8 Å². The van der Waals surface area contributed by atoms with Crippen LogP contribution in [0.5, 0.6) is 0 Å². The number of esters is 2. The third-order valence-corrected chi connectivity index (χ3v) is 9.25. The van der Waals surface area contributed by atoms with Crippen molar-refractivity contribution in [3.63, 3.8) is 0 Å². The second-order valence-electron chi connectivity index (χ2n) is 13.6. The van der Waals surface area contributed by atoms with Crippen LogP contribution in [-0.4, -0.2) is 65.7 Å². The van der Waals surface area contributed by atoms with E-state index in [1.807, 2.05) is 12.2 Å². The number of ether oxygens (including phenoxy) is 2. The van der Waals surface area contributed by atoms with Gasteiger partial charge in [0.15, 0.2) is 6.10 Å². The fourth-order valence-electron chi connectivity index (χ4n) is 5.07. The number of unbranched alkanes of at least 4 members (excludes halogenated alkanes) is 10. The SMILES string of the molecule is CC/C=C/C/C=C/C/C=C/C/C=C/C/C=C/C/C=C/CCC(=O)O[C@H](COC(=O)CCCCCCC/C=C/CCCCCCC)COP(=O)(O)OC[C@@H](O)CO. The van der Waals surface area contributed by atoms with Crippen LogP contribution in [0.4, 0.5) is 0 Å². The lowest BCUT2D eigenvalue weighted by molar-refractivity contribution is -0.161. The van der Waals surface area contributed by atoms with Gasteiger partial charge in [0.25, 0.3) is 0 Å². The minimum Gasteiger partial charge on any atom is -0.462 e. The van der Waals surface area contributed by atoms with E-state index in [4.69, 9.17) is 19.1 Å². The van der Waals surface area contributed by atoms with Crippen molar-refractivity contribution in [2.24, 2.45) is 0 Å². The highest BCUT2D eigenvalue weighted by Gasteiger charge is 2.27. The minimum absolute atomic E-state index is 0.0530. The molecule has 0 aromatic heterocycles. The summed E-state index contributed by atoms with van der Waals surface area (Å²) in [5.41, 5.74) is 0. The zero-order valence-corrected chi connectivity index (χ0v) is 35.5. The van der Waals surface area contributed by atoms with Gasteiger partial charge >= 0.3 is 19.8 Å². The van der Waals surface area contributed by atoms with Crippen molar-refractivity contribution in [2.75, 3.05) is 26.4 Å². The number of carbonyl (C=O) groups is 2. The number of phosphoric acid groups is 1. The van der Waals surface area contributed by atoms with Gasteiger partial charge in [0, 0.05) is 12.8 Å². The molecule has 10 nitrogen and oxygen atoms in total. The summed E-state index contributed by atoms with van der Waals surface area (Å²) in [6.45, 7) is 2.14. The molecule has 0 fully saturated rings. The summed E-state index contributed by atoms with van der Waals surface area (Å²) < 4.78 is 32.6. The van der Waals surface area contributed by atoms with Gasteiger partial charge in [0.1, 0.15) is 12.7 Å². The van der Waals surface area contributed by atoms with E-state index in [1.165, 1.54) is 32.1 Å².